The average molecular weight is 410 g/mol. The number of aliphatic hydroxyl groups is 3. The number of rotatable bonds is 8. The molecule has 1 fully saturated rings. The molecule has 28 heavy (non-hydrogen) atoms. The fourth-order valence-electron chi connectivity index (χ4n) is 3.15. The predicted octanol–water partition coefficient (Wildman–Crippen LogP) is 1.57. The molecule has 1 aromatic carbocycles. The van der Waals surface area contributed by atoms with E-state index in [0.29, 0.717) is 18.8 Å². The van der Waals surface area contributed by atoms with Crippen LogP contribution < -0.4 is 9.47 Å². The topological polar surface area (TPSA) is 97.6 Å². The molecule has 1 saturated heterocycles. The van der Waals surface area contributed by atoms with E-state index in [-0.39, 0.29) is 0 Å². The van der Waals surface area contributed by atoms with E-state index in [1.54, 1.807) is 11.3 Å². The van der Waals surface area contributed by atoms with E-state index < -0.39 is 37.3 Å². The van der Waals surface area contributed by atoms with Gasteiger partial charge < -0.3 is 34.3 Å². The van der Waals surface area contributed by atoms with Crippen LogP contribution >= 0.6 is 11.3 Å². The Balaban J connectivity index is 1.72. The van der Waals surface area contributed by atoms with Gasteiger partial charge in [-0.25, -0.2) is 0 Å². The van der Waals surface area contributed by atoms with Gasteiger partial charge >= 0.3 is 0 Å². The molecule has 154 valence electrons. The van der Waals surface area contributed by atoms with Crippen LogP contribution in [0.25, 0.3) is 0 Å². The van der Waals surface area contributed by atoms with Crippen LogP contribution in [0.15, 0.2) is 35.7 Å². The van der Waals surface area contributed by atoms with Gasteiger partial charge in [0.2, 0.25) is 6.29 Å². The third-order valence-corrected chi connectivity index (χ3v) is 5.55. The summed E-state index contributed by atoms with van der Waals surface area (Å²) in [5.41, 5.74) is 1.10. The maximum Gasteiger partial charge on any atom is 0.229 e. The highest BCUT2D eigenvalue weighted by Crippen LogP contribution is 2.32. The maximum atomic E-state index is 10.3. The normalized spacial score (nSPS) is 27.5. The minimum Gasteiger partial charge on any atom is -0.494 e. The van der Waals surface area contributed by atoms with Gasteiger partial charge in [-0.15, -0.1) is 11.3 Å². The zero-order valence-electron chi connectivity index (χ0n) is 15.9. The molecule has 3 N–H and O–H groups in total. The van der Waals surface area contributed by atoms with Gasteiger partial charge in [-0.3, -0.25) is 0 Å². The monoisotopic (exact) mass is 410 g/mol. The summed E-state index contributed by atoms with van der Waals surface area (Å²) in [6, 6.07) is 9.70. The van der Waals surface area contributed by atoms with Crippen molar-refractivity contribution in [3.8, 4) is 11.5 Å². The molecule has 0 bridgehead atoms. The van der Waals surface area contributed by atoms with E-state index in [0.717, 1.165) is 16.2 Å². The molecule has 5 atom stereocenters. The molecule has 0 radical (unpaired) electrons. The zero-order valence-corrected chi connectivity index (χ0v) is 16.7. The molecule has 1 aromatic heterocycles. The van der Waals surface area contributed by atoms with Crippen LogP contribution in [0.2, 0.25) is 0 Å². The van der Waals surface area contributed by atoms with Crippen LogP contribution in [0.4, 0.5) is 0 Å². The summed E-state index contributed by atoms with van der Waals surface area (Å²) in [6.45, 7) is 2.14. The molecule has 2 aromatic rings. The van der Waals surface area contributed by atoms with Gasteiger partial charge in [0, 0.05) is 13.5 Å². The molecule has 0 saturated carbocycles. The molecule has 8 heteroatoms. The molecule has 0 amide bonds. The van der Waals surface area contributed by atoms with Gasteiger partial charge in [0.05, 0.1) is 18.1 Å². The summed E-state index contributed by atoms with van der Waals surface area (Å²) >= 11 is 1.55. The lowest BCUT2D eigenvalue weighted by atomic mass is 9.99. The average Bonchev–Trinajstić information content (AvgIpc) is 3.13. The smallest absolute Gasteiger partial charge is 0.229 e. The van der Waals surface area contributed by atoms with Crippen LogP contribution in [0.1, 0.15) is 17.4 Å². The van der Waals surface area contributed by atoms with Crippen molar-refractivity contribution in [1.82, 2.24) is 0 Å². The van der Waals surface area contributed by atoms with Crippen molar-refractivity contribution in [3.63, 3.8) is 0 Å². The Morgan fingerprint density at radius 2 is 1.86 bits per heavy atom. The summed E-state index contributed by atoms with van der Waals surface area (Å²) in [5, 5.41) is 31.6. The van der Waals surface area contributed by atoms with Crippen molar-refractivity contribution < 1.29 is 34.3 Å². The molecule has 3 rings (SSSR count). The summed E-state index contributed by atoms with van der Waals surface area (Å²) in [7, 11) is 1.41. The molecule has 0 spiro atoms. The third-order valence-electron chi connectivity index (χ3n) is 4.64. The van der Waals surface area contributed by atoms with Gasteiger partial charge in [-0.1, -0.05) is 12.1 Å². The zero-order chi connectivity index (χ0) is 20.1. The largest absolute Gasteiger partial charge is 0.494 e. The van der Waals surface area contributed by atoms with Crippen LogP contribution in [0, 0.1) is 0 Å². The summed E-state index contributed by atoms with van der Waals surface area (Å²) in [5.74, 6) is 1.45. The summed E-state index contributed by atoms with van der Waals surface area (Å²) in [4.78, 5) is 0.990. The number of ether oxygens (including phenoxy) is 4. The van der Waals surface area contributed by atoms with E-state index in [9.17, 15) is 15.3 Å². The number of thiophene rings is 1. The first-order valence-electron chi connectivity index (χ1n) is 9.17. The highest BCUT2D eigenvalue weighted by molar-refractivity contribution is 7.10. The van der Waals surface area contributed by atoms with Crippen molar-refractivity contribution in [2.75, 3.05) is 20.3 Å². The van der Waals surface area contributed by atoms with Crippen molar-refractivity contribution in [2.24, 2.45) is 0 Å². The second-order valence-electron chi connectivity index (χ2n) is 6.49. The lowest BCUT2D eigenvalue weighted by Gasteiger charge is -2.41. The number of aliphatic hydroxyl groups excluding tert-OH is 3. The standard InChI is InChI=1S/C20H26O7S/c1-3-25-13-6-4-12(5-7-13)10-16-14(8-9-28-16)26-20-19(24-2)18(23)17(22)15(11-21)27-20/h4-9,15,17-23H,3,10-11H2,1-2H3. The predicted molar refractivity (Wildman–Crippen MR) is 104 cm³/mol. The lowest BCUT2D eigenvalue weighted by Crippen LogP contribution is -2.60. The molecule has 1 aliphatic rings. The molecular weight excluding hydrogens is 384 g/mol. The van der Waals surface area contributed by atoms with Gasteiger partial charge in [0.25, 0.3) is 0 Å². The van der Waals surface area contributed by atoms with Gasteiger partial charge in [-0.05, 0) is 36.1 Å². The highest BCUT2D eigenvalue weighted by Gasteiger charge is 2.46. The first-order chi connectivity index (χ1) is 13.6. The summed E-state index contributed by atoms with van der Waals surface area (Å²) < 4.78 is 22.3. The minimum absolute atomic E-state index is 0.433. The number of benzene rings is 1. The van der Waals surface area contributed by atoms with E-state index >= 15 is 0 Å². The fraction of sp³-hybridized carbons (Fsp3) is 0.500. The molecule has 7 nitrogen and oxygen atoms in total. The second kappa shape index (κ2) is 9.69. The van der Waals surface area contributed by atoms with Crippen LogP contribution in [0.5, 0.6) is 11.5 Å². The maximum absolute atomic E-state index is 10.3. The van der Waals surface area contributed by atoms with Crippen LogP contribution in [0.3, 0.4) is 0 Å². The Labute approximate surface area is 168 Å². The second-order valence-corrected chi connectivity index (χ2v) is 7.49. The molecule has 1 aliphatic heterocycles. The van der Waals surface area contributed by atoms with Crippen molar-refractivity contribution in [2.45, 2.75) is 44.1 Å². The van der Waals surface area contributed by atoms with Gasteiger partial charge in [-0.2, -0.15) is 0 Å². The molecular formula is C20H26O7S. The minimum atomic E-state index is -1.25. The molecule has 5 unspecified atom stereocenters. The Hall–Kier alpha value is -1.68. The Kier molecular flexibility index (Phi) is 7.28. The molecule has 0 aliphatic carbocycles. The highest BCUT2D eigenvalue weighted by atomic mass is 32.1. The Bertz CT molecular complexity index is 732. The molecule has 2 heterocycles. The fourth-order valence-corrected chi connectivity index (χ4v) is 3.98. The first kappa shape index (κ1) is 21.0. The number of methoxy groups -OCH3 is 1. The van der Waals surface area contributed by atoms with Crippen LogP contribution in [-0.2, 0) is 15.9 Å². The van der Waals surface area contributed by atoms with Gasteiger partial charge in [0.1, 0.15) is 35.9 Å². The van der Waals surface area contributed by atoms with E-state index in [1.165, 1.54) is 7.11 Å². The van der Waals surface area contributed by atoms with E-state index in [4.69, 9.17) is 18.9 Å². The van der Waals surface area contributed by atoms with Crippen molar-refractivity contribution in [1.29, 1.82) is 0 Å². The van der Waals surface area contributed by atoms with Crippen molar-refractivity contribution in [3.05, 3.63) is 46.2 Å². The first-order valence-corrected chi connectivity index (χ1v) is 10.0. The SMILES string of the molecule is CCOc1ccc(Cc2sccc2OC2OC(CO)C(O)C(O)C2OC)cc1. The third kappa shape index (κ3) is 4.65. The van der Waals surface area contributed by atoms with E-state index in [1.807, 2.05) is 42.6 Å². The Morgan fingerprint density at radius 1 is 1.11 bits per heavy atom. The quantitative estimate of drug-likeness (QED) is 0.608. The summed E-state index contributed by atoms with van der Waals surface area (Å²) in [6.07, 6.45) is -4.59. The van der Waals surface area contributed by atoms with Gasteiger partial charge in [0.15, 0.2) is 0 Å². The number of hydrogen-bond acceptors (Lipinski definition) is 8. The lowest BCUT2D eigenvalue weighted by molar-refractivity contribution is -0.282. The van der Waals surface area contributed by atoms with Crippen LogP contribution in [-0.4, -0.2) is 66.3 Å². The number of hydrogen-bond donors (Lipinski definition) is 3. The Morgan fingerprint density at radius 3 is 2.50 bits per heavy atom. The van der Waals surface area contributed by atoms with Crippen molar-refractivity contribution >= 4 is 11.3 Å². The van der Waals surface area contributed by atoms with E-state index in [2.05, 4.69) is 0 Å².